The van der Waals surface area contributed by atoms with E-state index in [0.29, 0.717) is 34.5 Å². The highest BCUT2D eigenvalue weighted by molar-refractivity contribution is 7.80. The van der Waals surface area contributed by atoms with Gasteiger partial charge in [-0.3, -0.25) is 15.1 Å². The molecule has 1 saturated heterocycles. The summed E-state index contributed by atoms with van der Waals surface area (Å²) in [6.07, 6.45) is 1.76. The van der Waals surface area contributed by atoms with E-state index in [9.17, 15) is 10.1 Å². The van der Waals surface area contributed by atoms with Crippen molar-refractivity contribution in [3.8, 4) is 17.1 Å². The Labute approximate surface area is 197 Å². The molecule has 3 aromatic rings. The summed E-state index contributed by atoms with van der Waals surface area (Å²) in [7, 11) is 5.51. The van der Waals surface area contributed by atoms with Gasteiger partial charge in [0.05, 0.1) is 35.4 Å². The summed E-state index contributed by atoms with van der Waals surface area (Å²) in [5.41, 5.74) is 1.46. The van der Waals surface area contributed by atoms with Crippen LogP contribution in [0.3, 0.4) is 0 Å². The molecule has 0 unspecified atom stereocenters. The Morgan fingerprint density at radius 3 is 2.76 bits per heavy atom. The topological polar surface area (TPSA) is 96.9 Å². The molecular weight excluding hydrogens is 442 g/mol. The van der Waals surface area contributed by atoms with Crippen LogP contribution in [-0.4, -0.2) is 59.1 Å². The van der Waals surface area contributed by atoms with Crippen LogP contribution < -0.4 is 10.1 Å². The molecule has 1 aromatic carbocycles. The van der Waals surface area contributed by atoms with Gasteiger partial charge in [0.15, 0.2) is 5.11 Å². The first-order chi connectivity index (χ1) is 15.9. The Kier molecular flexibility index (Phi) is 6.57. The van der Waals surface area contributed by atoms with Crippen LogP contribution in [0, 0.1) is 10.1 Å². The largest absolute Gasteiger partial charge is 0.496 e. The van der Waals surface area contributed by atoms with E-state index < -0.39 is 4.92 Å². The van der Waals surface area contributed by atoms with Crippen LogP contribution in [0.15, 0.2) is 59.1 Å². The van der Waals surface area contributed by atoms with Gasteiger partial charge in [-0.15, -0.1) is 0 Å². The molecule has 2 atom stereocenters. The number of likely N-dealkylation sites (N-methyl/N-ethyl adjacent to an activating group) is 1. The van der Waals surface area contributed by atoms with E-state index in [-0.39, 0.29) is 17.8 Å². The molecule has 172 valence electrons. The number of nitrogens with zero attached hydrogens (tertiary/aromatic N) is 4. The Morgan fingerprint density at radius 2 is 2.09 bits per heavy atom. The van der Waals surface area contributed by atoms with Crippen LogP contribution in [0.25, 0.3) is 11.3 Å². The number of benzene rings is 1. The SMILES string of the molecule is COc1cc([N+](=O)[O-])ccc1-c1ccc([C@H]2[C@@H](c3ccccn3)NC(=S)N2CCN(C)C)o1. The van der Waals surface area contributed by atoms with Crippen molar-refractivity contribution in [2.45, 2.75) is 12.1 Å². The van der Waals surface area contributed by atoms with Gasteiger partial charge in [-0.2, -0.15) is 0 Å². The standard InChI is InChI=1S/C23H25N5O4S/c1-26(2)12-13-27-22(21(25-23(27)33)17-6-4-5-11-24-17)19-10-9-18(32-19)16-8-7-15(28(29)30)14-20(16)31-3/h4-11,14,21-22H,12-13H2,1-3H3,(H,25,33)/t21-,22+/m1/s1. The zero-order valence-electron chi connectivity index (χ0n) is 18.6. The van der Waals surface area contributed by atoms with Crippen LogP contribution in [-0.2, 0) is 0 Å². The summed E-state index contributed by atoms with van der Waals surface area (Å²) in [5, 5.41) is 15.2. The summed E-state index contributed by atoms with van der Waals surface area (Å²) >= 11 is 5.67. The molecule has 3 heterocycles. The van der Waals surface area contributed by atoms with Crippen molar-refractivity contribution in [2.75, 3.05) is 34.3 Å². The first-order valence-corrected chi connectivity index (χ1v) is 10.8. The second kappa shape index (κ2) is 9.55. The van der Waals surface area contributed by atoms with E-state index in [1.165, 1.54) is 19.2 Å². The zero-order chi connectivity index (χ0) is 23.5. The van der Waals surface area contributed by atoms with Gasteiger partial charge >= 0.3 is 0 Å². The van der Waals surface area contributed by atoms with Crippen molar-refractivity contribution in [3.05, 3.63) is 76.3 Å². The summed E-state index contributed by atoms with van der Waals surface area (Å²) < 4.78 is 11.7. The van der Waals surface area contributed by atoms with Gasteiger partial charge in [0, 0.05) is 25.4 Å². The van der Waals surface area contributed by atoms with Crippen LogP contribution in [0.1, 0.15) is 23.5 Å². The van der Waals surface area contributed by atoms with Crippen molar-refractivity contribution in [1.29, 1.82) is 0 Å². The van der Waals surface area contributed by atoms with Gasteiger partial charge in [0.1, 0.15) is 23.3 Å². The molecule has 1 N–H and O–H groups in total. The zero-order valence-corrected chi connectivity index (χ0v) is 19.4. The van der Waals surface area contributed by atoms with E-state index in [2.05, 4.69) is 20.1 Å². The lowest BCUT2D eigenvalue weighted by Gasteiger charge is -2.27. The molecular formula is C23H25N5O4S. The number of furan rings is 1. The lowest BCUT2D eigenvalue weighted by Crippen LogP contribution is -2.35. The average Bonchev–Trinajstić information content (AvgIpc) is 3.42. The van der Waals surface area contributed by atoms with Gasteiger partial charge < -0.3 is 24.3 Å². The number of ether oxygens (including phenoxy) is 1. The number of nitro groups is 1. The maximum Gasteiger partial charge on any atom is 0.273 e. The molecule has 0 spiro atoms. The molecule has 33 heavy (non-hydrogen) atoms. The molecule has 9 nitrogen and oxygen atoms in total. The maximum absolute atomic E-state index is 11.1. The minimum absolute atomic E-state index is 0.0437. The lowest BCUT2D eigenvalue weighted by atomic mass is 10.0. The fourth-order valence-electron chi connectivity index (χ4n) is 3.92. The average molecular weight is 468 g/mol. The number of nitrogens with one attached hydrogen (secondary N) is 1. The third-order valence-electron chi connectivity index (χ3n) is 5.57. The highest BCUT2D eigenvalue weighted by atomic mass is 32.1. The predicted molar refractivity (Wildman–Crippen MR) is 128 cm³/mol. The Bertz CT molecular complexity index is 1150. The Balaban J connectivity index is 1.72. The Morgan fingerprint density at radius 1 is 1.27 bits per heavy atom. The molecule has 2 aromatic heterocycles. The number of rotatable bonds is 8. The number of pyridine rings is 1. The molecule has 4 rings (SSSR count). The summed E-state index contributed by atoms with van der Waals surface area (Å²) in [6, 6.07) is 13.6. The molecule has 1 aliphatic rings. The quantitative estimate of drug-likeness (QED) is 0.301. The third-order valence-corrected chi connectivity index (χ3v) is 5.92. The normalized spacial score (nSPS) is 17.9. The molecule has 0 amide bonds. The van der Waals surface area contributed by atoms with E-state index in [1.807, 2.05) is 44.4 Å². The molecule has 10 heteroatoms. The minimum Gasteiger partial charge on any atom is -0.496 e. The smallest absolute Gasteiger partial charge is 0.273 e. The molecule has 0 radical (unpaired) electrons. The maximum atomic E-state index is 11.1. The molecule has 0 aliphatic carbocycles. The van der Waals surface area contributed by atoms with Gasteiger partial charge in [0.25, 0.3) is 5.69 Å². The van der Waals surface area contributed by atoms with Gasteiger partial charge in [-0.1, -0.05) is 6.07 Å². The summed E-state index contributed by atoms with van der Waals surface area (Å²) in [4.78, 5) is 19.4. The number of aromatic nitrogens is 1. The highest BCUT2D eigenvalue weighted by Gasteiger charge is 2.41. The van der Waals surface area contributed by atoms with Crippen molar-refractivity contribution >= 4 is 23.0 Å². The van der Waals surface area contributed by atoms with Gasteiger partial charge in [-0.25, -0.2) is 0 Å². The molecule has 1 fully saturated rings. The van der Waals surface area contributed by atoms with Crippen LogP contribution in [0.4, 0.5) is 5.69 Å². The van der Waals surface area contributed by atoms with E-state index >= 15 is 0 Å². The first-order valence-electron chi connectivity index (χ1n) is 10.4. The van der Waals surface area contributed by atoms with Crippen LogP contribution >= 0.6 is 12.2 Å². The second-order valence-corrected chi connectivity index (χ2v) is 8.35. The third kappa shape index (κ3) is 4.67. The molecule has 0 saturated carbocycles. The van der Waals surface area contributed by atoms with E-state index in [4.69, 9.17) is 21.4 Å². The van der Waals surface area contributed by atoms with Crippen molar-refractivity contribution in [1.82, 2.24) is 20.1 Å². The fraction of sp³-hybridized carbons (Fsp3) is 0.304. The van der Waals surface area contributed by atoms with Crippen LogP contribution in [0.2, 0.25) is 0 Å². The fourth-order valence-corrected chi connectivity index (χ4v) is 4.25. The van der Waals surface area contributed by atoms with Crippen molar-refractivity contribution in [3.63, 3.8) is 0 Å². The minimum atomic E-state index is -0.453. The number of non-ortho nitro benzene ring substituents is 1. The van der Waals surface area contributed by atoms with Crippen molar-refractivity contribution in [2.24, 2.45) is 0 Å². The second-order valence-electron chi connectivity index (χ2n) is 7.97. The van der Waals surface area contributed by atoms with Gasteiger partial charge in [-0.05, 0) is 56.6 Å². The molecule has 1 aliphatic heterocycles. The van der Waals surface area contributed by atoms with E-state index in [0.717, 1.165) is 12.2 Å². The van der Waals surface area contributed by atoms with Gasteiger partial charge in [0.2, 0.25) is 0 Å². The number of methoxy groups -OCH3 is 1. The van der Waals surface area contributed by atoms with Crippen LogP contribution in [0.5, 0.6) is 5.75 Å². The van der Waals surface area contributed by atoms with E-state index in [1.54, 1.807) is 12.3 Å². The Hall–Kier alpha value is -3.50. The monoisotopic (exact) mass is 467 g/mol. The highest BCUT2D eigenvalue weighted by Crippen LogP contribution is 2.41. The number of thiocarbonyl (C=S) groups is 1. The summed E-state index contributed by atoms with van der Waals surface area (Å²) in [5.74, 6) is 1.64. The van der Waals surface area contributed by atoms with Crippen molar-refractivity contribution < 1.29 is 14.1 Å². The summed E-state index contributed by atoms with van der Waals surface area (Å²) in [6.45, 7) is 1.53. The number of hydrogen-bond donors (Lipinski definition) is 1. The number of nitro benzene ring substituents is 1. The lowest BCUT2D eigenvalue weighted by molar-refractivity contribution is -0.384. The number of hydrogen-bond acceptors (Lipinski definition) is 7. The predicted octanol–water partition coefficient (Wildman–Crippen LogP) is 3.79. The molecule has 0 bridgehead atoms. The first kappa shape index (κ1) is 22.7.